The summed E-state index contributed by atoms with van der Waals surface area (Å²) in [7, 11) is 0. The monoisotopic (exact) mass is 200 g/mol. The van der Waals surface area contributed by atoms with Gasteiger partial charge in [-0.25, -0.2) is 4.79 Å². The third-order valence-electron chi connectivity index (χ3n) is 1.47. The van der Waals surface area contributed by atoms with Gasteiger partial charge in [-0.05, 0) is 12.1 Å². The molecule has 1 aromatic carbocycles. The average Bonchev–Trinajstić information content (AvgIpc) is 2.09. The number of phenolic OH excluding ortho intramolecular Hbond substituents is 1. The minimum atomic E-state index is -1.20. The fourth-order valence-electron chi connectivity index (χ4n) is 0.834. The van der Waals surface area contributed by atoms with E-state index in [0.29, 0.717) is 6.29 Å². The lowest BCUT2D eigenvalue weighted by Gasteiger charge is -2.01. The number of aromatic hydroxyl groups is 1. The van der Waals surface area contributed by atoms with E-state index in [2.05, 4.69) is 0 Å². The van der Waals surface area contributed by atoms with Crippen molar-refractivity contribution in [2.45, 2.75) is 0 Å². The van der Waals surface area contributed by atoms with Gasteiger partial charge in [0.05, 0.1) is 16.1 Å². The summed E-state index contributed by atoms with van der Waals surface area (Å²) in [6.45, 7) is 0. The Morgan fingerprint density at radius 2 is 2.08 bits per heavy atom. The highest BCUT2D eigenvalue weighted by Gasteiger charge is 2.11. The first-order valence-corrected chi connectivity index (χ1v) is 3.65. The Labute approximate surface area is 78.4 Å². The van der Waals surface area contributed by atoms with Crippen molar-refractivity contribution in [3.05, 3.63) is 28.3 Å². The van der Waals surface area contributed by atoms with E-state index >= 15 is 0 Å². The van der Waals surface area contributed by atoms with Crippen LogP contribution in [0, 0.1) is 0 Å². The Morgan fingerprint density at radius 3 is 2.54 bits per heavy atom. The van der Waals surface area contributed by atoms with E-state index in [0.717, 1.165) is 12.1 Å². The molecule has 0 aromatic heterocycles. The van der Waals surface area contributed by atoms with Crippen molar-refractivity contribution in [3.8, 4) is 5.75 Å². The second-order valence-electron chi connectivity index (χ2n) is 2.32. The molecular formula is C8H5ClO4. The topological polar surface area (TPSA) is 74.6 Å². The van der Waals surface area contributed by atoms with Gasteiger partial charge < -0.3 is 10.2 Å². The molecule has 0 atom stereocenters. The van der Waals surface area contributed by atoms with E-state index in [1.54, 1.807) is 0 Å². The lowest BCUT2D eigenvalue weighted by atomic mass is 10.1. The quantitative estimate of drug-likeness (QED) is 0.711. The molecule has 0 amide bonds. The fraction of sp³-hybridized carbons (Fsp3) is 0. The molecule has 0 aliphatic carbocycles. The zero-order valence-corrected chi connectivity index (χ0v) is 7.08. The highest BCUT2D eigenvalue weighted by molar-refractivity contribution is 6.32. The van der Waals surface area contributed by atoms with Gasteiger partial charge in [-0.15, -0.1) is 0 Å². The first-order valence-electron chi connectivity index (χ1n) is 3.27. The number of carboxylic acids is 1. The van der Waals surface area contributed by atoms with E-state index in [-0.39, 0.29) is 16.1 Å². The van der Waals surface area contributed by atoms with Crippen molar-refractivity contribution in [2.75, 3.05) is 0 Å². The summed E-state index contributed by atoms with van der Waals surface area (Å²) in [6.07, 6.45) is 0.341. The second-order valence-corrected chi connectivity index (χ2v) is 2.73. The van der Waals surface area contributed by atoms with Gasteiger partial charge in [0.2, 0.25) is 0 Å². The van der Waals surface area contributed by atoms with Crippen LogP contribution < -0.4 is 0 Å². The summed E-state index contributed by atoms with van der Waals surface area (Å²) in [5, 5.41) is 17.6. The van der Waals surface area contributed by atoms with Crippen LogP contribution in [0.3, 0.4) is 0 Å². The number of hydrogen-bond acceptors (Lipinski definition) is 3. The van der Waals surface area contributed by atoms with Crippen molar-refractivity contribution in [2.24, 2.45) is 0 Å². The third-order valence-corrected chi connectivity index (χ3v) is 1.75. The van der Waals surface area contributed by atoms with Crippen LogP contribution in [0.25, 0.3) is 0 Å². The van der Waals surface area contributed by atoms with Crippen LogP contribution in [-0.2, 0) is 0 Å². The number of aldehydes is 1. The largest absolute Gasteiger partial charge is 0.506 e. The van der Waals surface area contributed by atoms with Gasteiger partial charge in [-0.2, -0.15) is 0 Å². The number of carbonyl (C=O) groups is 2. The summed E-state index contributed by atoms with van der Waals surface area (Å²) in [5.74, 6) is -1.60. The van der Waals surface area contributed by atoms with Gasteiger partial charge in [0.25, 0.3) is 0 Å². The van der Waals surface area contributed by atoms with Crippen LogP contribution in [0.15, 0.2) is 12.1 Å². The normalized spacial score (nSPS) is 9.62. The van der Waals surface area contributed by atoms with Crippen LogP contribution in [0.1, 0.15) is 20.7 Å². The summed E-state index contributed by atoms with van der Waals surface area (Å²) in [5.41, 5.74) is -0.269. The second kappa shape index (κ2) is 3.45. The van der Waals surface area contributed by atoms with Crippen molar-refractivity contribution in [1.82, 2.24) is 0 Å². The molecule has 0 heterocycles. The Bertz CT molecular complexity index is 373. The zero-order chi connectivity index (χ0) is 10.0. The van der Waals surface area contributed by atoms with Crippen LogP contribution >= 0.6 is 11.6 Å². The van der Waals surface area contributed by atoms with E-state index in [1.807, 2.05) is 0 Å². The molecule has 0 aliphatic rings. The fourth-order valence-corrected chi connectivity index (χ4v) is 1.06. The highest BCUT2D eigenvalue weighted by Crippen LogP contribution is 2.27. The highest BCUT2D eigenvalue weighted by atomic mass is 35.5. The molecule has 0 saturated carbocycles. The van der Waals surface area contributed by atoms with Crippen LogP contribution in [0.2, 0.25) is 5.02 Å². The maximum Gasteiger partial charge on any atom is 0.335 e. The Kier molecular flexibility index (Phi) is 2.53. The molecule has 5 heteroatoms. The molecule has 0 aliphatic heterocycles. The molecule has 1 rings (SSSR count). The van der Waals surface area contributed by atoms with Gasteiger partial charge in [-0.1, -0.05) is 11.6 Å². The maximum absolute atomic E-state index is 10.5. The molecule has 0 saturated heterocycles. The molecule has 0 spiro atoms. The lowest BCUT2D eigenvalue weighted by molar-refractivity contribution is 0.0697. The van der Waals surface area contributed by atoms with E-state index < -0.39 is 11.7 Å². The number of carbonyl (C=O) groups excluding carboxylic acids is 1. The first-order chi connectivity index (χ1) is 6.06. The number of rotatable bonds is 2. The summed E-state index contributed by atoms with van der Waals surface area (Å²) in [6, 6.07) is 2.13. The molecule has 4 nitrogen and oxygen atoms in total. The van der Waals surface area contributed by atoms with E-state index in [1.165, 1.54) is 0 Å². The smallest absolute Gasteiger partial charge is 0.335 e. The van der Waals surface area contributed by atoms with Crippen molar-refractivity contribution < 1.29 is 19.8 Å². The number of halogens is 1. The van der Waals surface area contributed by atoms with E-state index in [4.69, 9.17) is 21.8 Å². The summed E-state index contributed by atoms with van der Waals surface area (Å²) >= 11 is 5.47. The van der Waals surface area contributed by atoms with Crippen molar-refractivity contribution >= 4 is 23.9 Å². The number of carboxylic acid groups (broad SMARTS) is 1. The summed E-state index contributed by atoms with van der Waals surface area (Å²) < 4.78 is 0. The minimum Gasteiger partial charge on any atom is -0.506 e. The maximum atomic E-state index is 10.5. The predicted octanol–water partition coefficient (Wildman–Crippen LogP) is 1.56. The Morgan fingerprint density at radius 1 is 1.46 bits per heavy atom. The predicted molar refractivity (Wildman–Crippen MR) is 45.5 cm³/mol. The van der Waals surface area contributed by atoms with E-state index in [9.17, 15) is 9.59 Å². The number of aromatic carboxylic acids is 1. The molecular weight excluding hydrogens is 196 g/mol. The molecule has 0 bridgehead atoms. The Balaban J connectivity index is 3.38. The molecule has 0 radical (unpaired) electrons. The average molecular weight is 201 g/mol. The van der Waals surface area contributed by atoms with Gasteiger partial charge in [0.1, 0.15) is 5.75 Å². The zero-order valence-electron chi connectivity index (χ0n) is 6.32. The summed E-state index contributed by atoms with van der Waals surface area (Å²) in [4.78, 5) is 20.8. The van der Waals surface area contributed by atoms with Gasteiger partial charge in [-0.3, -0.25) is 4.79 Å². The first kappa shape index (κ1) is 9.54. The van der Waals surface area contributed by atoms with Gasteiger partial charge >= 0.3 is 5.97 Å². The molecule has 68 valence electrons. The third kappa shape index (κ3) is 1.78. The lowest BCUT2D eigenvalue weighted by Crippen LogP contribution is -1.97. The van der Waals surface area contributed by atoms with Gasteiger partial charge in [0.15, 0.2) is 6.29 Å². The molecule has 2 N–H and O–H groups in total. The van der Waals surface area contributed by atoms with Crippen LogP contribution in [0.4, 0.5) is 0 Å². The van der Waals surface area contributed by atoms with Crippen LogP contribution in [0.5, 0.6) is 5.75 Å². The molecule has 13 heavy (non-hydrogen) atoms. The molecule has 0 fully saturated rings. The van der Waals surface area contributed by atoms with Crippen molar-refractivity contribution in [3.63, 3.8) is 0 Å². The minimum absolute atomic E-state index is 0.134. The SMILES string of the molecule is O=Cc1cc(C(=O)O)cc(Cl)c1O. The standard InChI is InChI=1S/C8H5ClO4/c9-6-2-4(8(12)13)1-5(3-10)7(6)11/h1-3,11H,(H,12,13). The van der Waals surface area contributed by atoms with Crippen molar-refractivity contribution in [1.29, 1.82) is 0 Å². The Hall–Kier alpha value is -1.55. The molecule has 0 unspecified atom stereocenters. The number of hydrogen-bond donors (Lipinski definition) is 2. The number of phenols is 1. The van der Waals surface area contributed by atoms with Gasteiger partial charge in [0, 0.05) is 0 Å². The van der Waals surface area contributed by atoms with Crippen LogP contribution in [-0.4, -0.2) is 22.5 Å². The number of benzene rings is 1. The molecule has 1 aromatic rings.